The van der Waals surface area contributed by atoms with Crippen LogP contribution < -0.4 is 15.8 Å². The van der Waals surface area contributed by atoms with Crippen LogP contribution in [0.1, 0.15) is 25.7 Å². The van der Waals surface area contributed by atoms with E-state index in [1.807, 2.05) is 30.3 Å². The molecule has 7 nitrogen and oxygen atoms in total. The molecule has 1 aliphatic heterocycles. The van der Waals surface area contributed by atoms with Gasteiger partial charge in [-0.2, -0.15) is 0 Å². The van der Waals surface area contributed by atoms with Gasteiger partial charge in [-0.15, -0.1) is 0 Å². The van der Waals surface area contributed by atoms with Gasteiger partial charge in [-0.05, 0) is 25.0 Å². The molecule has 1 fully saturated rings. The van der Waals surface area contributed by atoms with E-state index in [1.54, 1.807) is 0 Å². The molecule has 1 unspecified atom stereocenters. The summed E-state index contributed by atoms with van der Waals surface area (Å²) in [6.07, 6.45) is 1.78. The first kappa shape index (κ1) is 17.8. The minimum Gasteiger partial charge on any atom is -0.493 e. The van der Waals surface area contributed by atoms with Crippen molar-refractivity contribution in [3.63, 3.8) is 0 Å². The number of likely N-dealkylation sites (tertiary alicyclic amines) is 1. The van der Waals surface area contributed by atoms with E-state index >= 15 is 0 Å². The summed E-state index contributed by atoms with van der Waals surface area (Å²) >= 11 is 0. The molecule has 1 atom stereocenters. The van der Waals surface area contributed by atoms with Gasteiger partial charge in [0, 0.05) is 19.5 Å². The third kappa shape index (κ3) is 5.26. The number of primary amides is 1. The van der Waals surface area contributed by atoms with Crippen molar-refractivity contribution in [2.75, 3.05) is 19.7 Å². The largest absolute Gasteiger partial charge is 0.493 e. The number of benzene rings is 1. The zero-order chi connectivity index (χ0) is 17.4. The van der Waals surface area contributed by atoms with Gasteiger partial charge in [-0.3, -0.25) is 14.4 Å². The van der Waals surface area contributed by atoms with Gasteiger partial charge in [-0.1, -0.05) is 18.2 Å². The van der Waals surface area contributed by atoms with Crippen LogP contribution in [-0.2, 0) is 14.4 Å². The van der Waals surface area contributed by atoms with Crippen molar-refractivity contribution in [1.29, 1.82) is 0 Å². The Morgan fingerprint density at radius 2 is 1.96 bits per heavy atom. The Kier molecular flexibility index (Phi) is 6.60. The number of carbonyl (C=O) groups excluding carboxylic acids is 3. The third-order valence-corrected chi connectivity index (χ3v) is 3.90. The topological polar surface area (TPSA) is 102 Å². The van der Waals surface area contributed by atoms with Crippen LogP contribution in [0.5, 0.6) is 5.75 Å². The smallest absolute Gasteiger partial charge is 0.240 e. The van der Waals surface area contributed by atoms with Gasteiger partial charge in [0.25, 0.3) is 0 Å². The van der Waals surface area contributed by atoms with E-state index in [-0.39, 0.29) is 37.8 Å². The molecule has 1 saturated heterocycles. The fraction of sp³-hybridized carbons (Fsp3) is 0.471. The second kappa shape index (κ2) is 8.90. The van der Waals surface area contributed by atoms with Gasteiger partial charge < -0.3 is 20.7 Å². The van der Waals surface area contributed by atoms with Crippen LogP contribution in [0.15, 0.2) is 30.3 Å². The third-order valence-electron chi connectivity index (χ3n) is 3.90. The molecular formula is C17H23N3O4. The molecule has 0 bridgehead atoms. The Morgan fingerprint density at radius 1 is 1.21 bits per heavy atom. The Hall–Kier alpha value is -2.57. The molecule has 130 valence electrons. The van der Waals surface area contributed by atoms with Crippen LogP contribution in [0.3, 0.4) is 0 Å². The number of hydrogen-bond acceptors (Lipinski definition) is 4. The maximum Gasteiger partial charge on any atom is 0.240 e. The summed E-state index contributed by atoms with van der Waals surface area (Å²) < 4.78 is 5.44. The minimum atomic E-state index is -0.507. The quantitative estimate of drug-likeness (QED) is 0.720. The molecule has 0 spiro atoms. The summed E-state index contributed by atoms with van der Waals surface area (Å²) in [7, 11) is 0. The molecule has 1 aliphatic rings. The number of carbonyl (C=O) groups is 3. The van der Waals surface area contributed by atoms with Crippen molar-refractivity contribution in [1.82, 2.24) is 10.2 Å². The molecule has 3 N–H and O–H groups in total. The first-order valence-corrected chi connectivity index (χ1v) is 8.11. The lowest BCUT2D eigenvalue weighted by atomic mass is 10.2. The summed E-state index contributed by atoms with van der Waals surface area (Å²) in [4.78, 5) is 36.6. The van der Waals surface area contributed by atoms with Crippen LogP contribution in [0.25, 0.3) is 0 Å². The Labute approximate surface area is 141 Å². The lowest BCUT2D eigenvalue weighted by Gasteiger charge is -2.22. The highest BCUT2D eigenvalue weighted by Crippen LogP contribution is 2.17. The predicted molar refractivity (Wildman–Crippen MR) is 88.1 cm³/mol. The second-order valence-electron chi connectivity index (χ2n) is 5.66. The van der Waals surface area contributed by atoms with E-state index in [0.29, 0.717) is 18.7 Å². The van der Waals surface area contributed by atoms with Crippen molar-refractivity contribution in [3.8, 4) is 5.75 Å². The molecule has 2 rings (SSSR count). The molecule has 3 amide bonds. The first-order valence-electron chi connectivity index (χ1n) is 8.11. The van der Waals surface area contributed by atoms with Crippen LogP contribution in [-0.4, -0.2) is 48.4 Å². The lowest BCUT2D eigenvalue weighted by molar-refractivity contribution is -0.137. The molecular weight excluding hydrogens is 310 g/mol. The Bertz CT molecular complexity index is 576. The average Bonchev–Trinajstić information content (AvgIpc) is 3.06. The van der Waals surface area contributed by atoms with Gasteiger partial charge >= 0.3 is 0 Å². The van der Waals surface area contributed by atoms with E-state index in [1.165, 1.54) is 4.90 Å². The number of amides is 3. The molecule has 24 heavy (non-hydrogen) atoms. The fourth-order valence-electron chi connectivity index (χ4n) is 2.68. The molecule has 0 aromatic heterocycles. The Balaban J connectivity index is 1.62. The fourth-order valence-corrected chi connectivity index (χ4v) is 2.68. The van der Waals surface area contributed by atoms with Crippen LogP contribution in [0.2, 0.25) is 0 Å². The number of ether oxygens (including phenoxy) is 1. The first-order chi connectivity index (χ1) is 11.6. The summed E-state index contributed by atoms with van der Waals surface area (Å²) in [5, 5.41) is 2.68. The number of nitrogens with zero attached hydrogens (tertiary/aromatic N) is 1. The van der Waals surface area contributed by atoms with Gasteiger partial charge in [0.2, 0.25) is 17.7 Å². The van der Waals surface area contributed by atoms with E-state index in [0.717, 1.165) is 6.42 Å². The van der Waals surface area contributed by atoms with E-state index in [4.69, 9.17) is 10.5 Å². The summed E-state index contributed by atoms with van der Waals surface area (Å²) in [6.45, 7) is 1.07. The van der Waals surface area contributed by atoms with E-state index in [2.05, 4.69) is 5.32 Å². The number of hydrogen-bond donors (Lipinski definition) is 2. The van der Waals surface area contributed by atoms with E-state index < -0.39 is 11.9 Å². The number of nitrogens with two attached hydrogens (primary N) is 1. The molecule has 0 radical (unpaired) electrons. The van der Waals surface area contributed by atoms with Crippen molar-refractivity contribution < 1.29 is 19.1 Å². The highest BCUT2D eigenvalue weighted by Gasteiger charge is 2.32. The van der Waals surface area contributed by atoms with Crippen LogP contribution >= 0.6 is 0 Å². The highest BCUT2D eigenvalue weighted by molar-refractivity contribution is 5.87. The minimum absolute atomic E-state index is 0.155. The van der Waals surface area contributed by atoms with Crippen molar-refractivity contribution >= 4 is 17.7 Å². The monoisotopic (exact) mass is 333 g/mol. The SMILES string of the molecule is NC(=O)C1CCCN1C(=O)CCNC(=O)CCOc1ccccc1. The van der Waals surface area contributed by atoms with Crippen molar-refractivity contribution in [3.05, 3.63) is 30.3 Å². The van der Waals surface area contributed by atoms with Gasteiger partial charge in [0.1, 0.15) is 11.8 Å². The van der Waals surface area contributed by atoms with Crippen molar-refractivity contribution in [2.24, 2.45) is 5.73 Å². The normalized spacial score (nSPS) is 16.7. The summed E-state index contributed by atoms with van der Waals surface area (Å²) in [5.74, 6) is -0.0845. The molecule has 7 heteroatoms. The number of nitrogens with one attached hydrogen (secondary N) is 1. The zero-order valence-electron chi connectivity index (χ0n) is 13.6. The van der Waals surface area contributed by atoms with Gasteiger partial charge in [0.15, 0.2) is 0 Å². The maximum absolute atomic E-state index is 12.1. The van der Waals surface area contributed by atoms with Crippen LogP contribution in [0.4, 0.5) is 0 Å². The van der Waals surface area contributed by atoms with Crippen LogP contribution in [0, 0.1) is 0 Å². The molecule has 1 aromatic carbocycles. The highest BCUT2D eigenvalue weighted by atomic mass is 16.5. The zero-order valence-corrected chi connectivity index (χ0v) is 13.6. The number of rotatable bonds is 8. The molecule has 0 saturated carbocycles. The second-order valence-corrected chi connectivity index (χ2v) is 5.66. The van der Waals surface area contributed by atoms with Crippen molar-refractivity contribution in [2.45, 2.75) is 31.7 Å². The summed E-state index contributed by atoms with van der Waals surface area (Å²) in [5.41, 5.74) is 5.29. The predicted octanol–water partition coefficient (Wildman–Crippen LogP) is 0.438. The molecule has 1 heterocycles. The Morgan fingerprint density at radius 3 is 2.67 bits per heavy atom. The van der Waals surface area contributed by atoms with Gasteiger partial charge in [0.05, 0.1) is 13.0 Å². The molecule has 1 aromatic rings. The van der Waals surface area contributed by atoms with E-state index in [9.17, 15) is 14.4 Å². The lowest BCUT2D eigenvalue weighted by Crippen LogP contribution is -2.44. The average molecular weight is 333 g/mol. The standard InChI is InChI=1S/C17H23N3O4/c18-17(23)14-7-4-11-20(14)16(22)8-10-19-15(21)9-12-24-13-5-2-1-3-6-13/h1-3,5-6,14H,4,7-12H2,(H2,18,23)(H,19,21). The molecule has 0 aliphatic carbocycles. The maximum atomic E-state index is 12.1. The van der Waals surface area contributed by atoms with Gasteiger partial charge in [-0.25, -0.2) is 0 Å². The number of para-hydroxylation sites is 1. The summed E-state index contributed by atoms with van der Waals surface area (Å²) in [6, 6.07) is 8.74.